The Kier molecular flexibility index (Phi) is 4.43. The highest BCUT2D eigenvalue weighted by Gasteiger charge is 2.22. The molecule has 2 aromatic heterocycles. The molecule has 0 spiro atoms. The van der Waals surface area contributed by atoms with E-state index in [0.29, 0.717) is 0 Å². The number of imidazole rings is 2. The SMILES string of the molecule is c1ccc(-c2nc3n(-c4ccccc4)c(-c4ccccc4)cn3c2-c2ccccc2)cc1. The number of nitrogens with zero attached hydrogens (tertiary/aromatic N) is 3. The van der Waals surface area contributed by atoms with Crippen LogP contribution in [0.25, 0.3) is 45.2 Å². The Morgan fingerprint density at radius 1 is 0.500 bits per heavy atom. The maximum Gasteiger partial charge on any atom is 0.220 e. The van der Waals surface area contributed by atoms with Gasteiger partial charge < -0.3 is 0 Å². The van der Waals surface area contributed by atoms with Gasteiger partial charge in [-0.25, -0.2) is 4.98 Å². The third-order valence-corrected chi connectivity index (χ3v) is 5.76. The molecular weight excluding hydrogens is 390 g/mol. The lowest BCUT2D eigenvalue weighted by atomic mass is 10.0. The Bertz CT molecular complexity index is 1360. The van der Waals surface area contributed by atoms with Gasteiger partial charge in [0.15, 0.2) is 0 Å². The van der Waals surface area contributed by atoms with Crippen molar-refractivity contribution in [2.24, 2.45) is 0 Å². The highest BCUT2D eigenvalue weighted by molar-refractivity contribution is 5.83. The minimum atomic E-state index is 0.896. The van der Waals surface area contributed by atoms with E-state index >= 15 is 0 Å². The van der Waals surface area contributed by atoms with Crippen molar-refractivity contribution in [1.29, 1.82) is 0 Å². The van der Waals surface area contributed by atoms with Crippen molar-refractivity contribution in [2.45, 2.75) is 0 Å². The van der Waals surface area contributed by atoms with Crippen molar-refractivity contribution < 1.29 is 0 Å². The zero-order chi connectivity index (χ0) is 21.3. The lowest BCUT2D eigenvalue weighted by molar-refractivity contribution is 1.08. The summed E-state index contributed by atoms with van der Waals surface area (Å²) in [6.07, 6.45) is 2.21. The summed E-state index contributed by atoms with van der Waals surface area (Å²) in [6.45, 7) is 0. The fraction of sp³-hybridized carbons (Fsp3) is 0. The summed E-state index contributed by atoms with van der Waals surface area (Å²) in [7, 11) is 0. The fourth-order valence-electron chi connectivity index (χ4n) is 4.30. The normalized spacial score (nSPS) is 11.1. The summed E-state index contributed by atoms with van der Waals surface area (Å²) < 4.78 is 4.47. The molecule has 0 aliphatic heterocycles. The molecule has 32 heavy (non-hydrogen) atoms. The van der Waals surface area contributed by atoms with Gasteiger partial charge in [0.25, 0.3) is 0 Å². The Hall–Kier alpha value is -4.37. The van der Waals surface area contributed by atoms with Gasteiger partial charge in [-0.3, -0.25) is 8.97 Å². The van der Waals surface area contributed by atoms with Crippen molar-refractivity contribution in [3.63, 3.8) is 0 Å². The van der Waals surface area contributed by atoms with Gasteiger partial charge in [0.05, 0.1) is 17.1 Å². The number of fused-ring (bicyclic) bond motifs is 1. The molecule has 6 aromatic rings. The maximum atomic E-state index is 5.21. The molecule has 3 nitrogen and oxygen atoms in total. The molecule has 0 atom stereocenters. The van der Waals surface area contributed by atoms with E-state index in [4.69, 9.17) is 4.98 Å². The first kappa shape index (κ1) is 18.4. The number of hydrogen-bond donors (Lipinski definition) is 0. The third-order valence-electron chi connectivity index (χ3n) is 5.76. The largest absolute Gasteiger partial charge is 0.282 e. The van der Waals surface area contributed by atoms with Crippen LogP contribution in [0.15, 0.2) is 128 Å². The molecule has 0 fully saturated rings. The summed E-state index contributed by atoms with van der Waals surface area (Å²) in [5.74, 6) is 0.896. The van der Waals surface area contributed by atoms with E-state index in [-0.39, 0.29) is 0 Å². The van der Waals surface area contributed by atoms with E-state index in [0.717, 1.165) is 45.2 Å². The molecule has 0 aliphatic carbocycles. The lowest BCUT2D eigenvalue weighted by Crippen LogP contribution is -1.97. The summed E-state index contributed by atoms with van der Waals surface area (Å²) in [5, 5.41) is 0. The Morgan fingerprint density at radius 3 is 1.59 bits per heavy atom. The van der Waals surface area contributed by atoms with Gasteiger partial charge in [-0.2, -0.15) is 0 Å². The topological polar surface area (TPSA) is 22.2 Å². The Labute approximate surface area is 186 Å². The van der Waals surface area contributed by atoms with Gasteiger partial charge in [0.2, 0.25) is 5.78 Å². The predicted molar refractivity (Wildman–Crippen MR) is 131 cm³/mol. The average Bonchev–Trinajstić information content (AvgIpc) is 3.42. The van der Waals surface area contributed by atoms with Gasteiger partial charge in [0, 0.05) is 28.6 Å². The minimum absolute atomic E-state index is 0.896. The smallest absolute Gasteiger partial charge is 0.220 e. The number of rotatable bonds is 4. The van der Waals surface area contributed by atoms with Crippen LogP contribution in [-0.4, -0.2) is 14.0 Å². The van der Waals surface area contributed by atoms with Crippen molar-refractivity contribution in [3.05, 3.63) is 128 Å². The van der Waals surface area contributed by atoms with Gasteiger partial charge in [0.1, 0.15) is 0 Å². The lowest BCUT2D eigenvalue weighted by Gasteiger charge is -2.09. The number of hydrogen-bond acceptors (Lipinski definition) is 1. The van der Waals surface area contributed by atoms with E-state index in [1.54, 1.807) is 0 Å². The zero-order valence-electron chi connectivity index (χ0n) is 17.5. The van der Waals surface area contributed by atoms with Crippen LogP contribution >= 0.6 is 0 Å². The Balaban J connectivity index is 1.73. The van der Waals surface area contributed by atoms with E-state index < -0.39 is 0 Å². The predicted octanol–water partition coefficient (Wildman–Crippen LogP) is 7.13. The van der Waals surface area contributed by atoms with Crippen LogP contribution in [0.1, 0.15) is 0 Å². The molecule has 4 aromatic carbocycles. The van der Waals surface area contributed by atoms with Crippen molar-refractivity contribution in [1.82, 2.24) is 14.0 Å². The molecule has 0 bridgehead atoms. The monoisotopic (exact) mass is 411 g/mol. The highest BCUT2D eigenvalue weighted by atomic mass is 15.2. The van der Waals surface area contributed by atoms with Crippen LogP contribution in [0.4, 0.5) is 0 Å². The molecule has 0 N–H and O–H groups in total. The van der Waals surface area contributed by atoms with Crippen LogP contribution in [-0.2, 0) is 0 Å². The maximum absolute atomic E-state index is 5.21. The quantitative estimate of drug-likeness (QED) is 0.303. The first-order chi connectivity index (χ1) is 15.9. The summed E-state index contributed by atoms with van der Waals surface area (Å²) in [4.78, 5) is 5.21. The highest BCUT2D eigenvalue weighted by Crippen LogP contribution is 2.36. The van der Waals surface area contributed by atoms with Crippen LogP contribution in [0.3, 0.4) is 0 Å². The summed E-state index contributed by atoms with van der Waals surface area (Å²) in [6, 6.07) is 41.9. The van der Waals surface area contributed by atoms with Crippen LogP contribution in [0.2, 0.25) is 0 Å². The van der Waals surface area contributed by atoms with Gasteiger partial charge in [-0.1, -0.05) is 109 Å². The number of para-hydroxylation sites is 1. The van der Waals surface area contributed by atoms with Crippen LogP contribution in [0.5, 0.6) is 0 Å². The van der Waals surface area contributed by atoms with Crippen molar-refractivity contribution in [3.8, 4) is 39.5 Å². The minimum Gasteiger partial charge on any atom is -0.282 e. The molecule has 0 amide bonds. The zero-order valence-corrected chi connectivity index (χ0v) is 17.5. The number of benzene rings is 4. The van der Waals surface area contributed by atoms with Crippen LogP contribution in [0, 0.1) is 0 Å². The average molecular weight is 412 g/mol. The van der Waals surface area contributed by atoms with Crippen molar-refractivity contribution >= 4 is 5.78 Å². The molecule has 0 saturated carbocycles. The second kappa shape index (κ2) is 7.71. The molecule has 6 rings (SSSR count). The van der Waals surface area contributed by atoms with E-state index in [1.807, 2.05) is 18.2 Å². The second-order valence-corrected chi connectivity index (χ2v) is 7.76. The third kappa shape index (κ3) is 3.03. The van der Waals surface area contributed by atoms with Gasteiger partial charge in [-0.15, -0.1) is 0 Å². The standard InChI is InChI=1S/C29H21N3/c1-5-13-22(14-6-1)26-21-31-28(24-17-9-3-10-18-24)27(23-15-7-2-8-16-23)30-29(31)32(26)25-19-11-4-12-20-25/h1-21H. The molecule has 3 heteroatoms. The first-order valence-corrected chi connectivity index (χ1v) is 10.8. The second-order valence-electron chi connectivity index (χ2n) is 7.76. The summed E-state index contributed by atoms with van der Waals surface area (Å²) >= 11 is 0. The fourth-order valence-corrected chi connectivity index (χ4v) is 4.30. The van der Waals surface area contributed by atoms with Gasteiger partial charge >= 0.3 is 0 Å². The number of aromatic nitrogens is 3. The van der Waals surface area contributed by atoms with E-state index in [1.165, 1.54) is 0 Å². The molecular formula is C29H21N3. The van der Waals surface area contributed by atoms with E-state index in [2.05, 4.69) is 118 Å². The molecule has 0 saturated heterocycles. The van der Waals surface area contributed by atoms with Gasteiger partial charge in [-0.05, 0) is 12.1 Å². The molecule has 0 radical (unpaired) electrons. The molecule has 0 aliphatic rings. The van der Waals surface area contributed by atoms with E-state index in [9.17, 15) is 0 Å². The van der Waals surface area contributed by atoms with Crippen LogP contribution < -0.4 is 0 Å². The van der Waals surface area contributed by atoms with Crippen molar-refractivity contribution in [2.75, 3.05) is 0 Å². The molecule has 152 valence electrons. The Morgan fingerprint density at radius 2 is 1.00 bits per heavy atom. The molecule has 0 unspecified atom stereocenters. The molecule has 2 heterocycles. The first-order valence-electron chi connectivity index (χ1n) is 10.8. The summed E-state index contributed by atoms with van der Waals surface area (Å²) in [5.41, 5.74) is 7.68.